The zero-order valence-electron chi connectivity index (χ0n) is 16.9. The molecule has 150 valence electrons. The fourth-order valence-electron chi connectivity index (χ4n) is 3.37. The van der Waals surface area contributed by atoms with Gasteiger partial charge in [-0.2, -0.15) is 10.4 Å². The molecule has 8 heteroatoms. The largest absolute Gasteiger partial charge is 0.336 e. The van der Waals surface area contributed by atoms with E-state index in [1.807, 2.05) is 22.8 Å². The van der Waals surface area contributed by atoms with E-state index in [-0.39, 0.29) is 5.91 Å². The molecule has 4 rings (SSSR count). The molecular weight excluding hydrogens is 378 g/mol. The standard InChI is InChI=1S/C22H21N7O/c1-27(14-18-11-19(12-23)28(2)26-18)22(30)17-10-20-21(24-13-17)29(15-25-20)9-8-16-6-4-3-5-7-16/h3-7,10-11,13,15H,8-9,14H2,1-2H3. The minimum atomic E-state index is -0.174. The van der Waals surface area contributed by atoms with Crippen LogP contribution in [-0.4, -0.2) is 42.2 Å². The molecule has 0 atom stereocenters. The number of aryl methyl sites for hydroxylation is 3. The smallest absolute Gasteiger partial charge is 0.255 e. The van der Waals surface area contributed by atoms with Gasteiger partial charge in [-0.3, -0.25) is 9.48 Å². The van der Waals surface area contributed by atoms with Gasteiger partial charge in [0.05, 0.1) is 24.1 Å². The molecule has 0 spiro atoms. The fourth-order valence-corrected chi connectivity index (χ4v) is 3.37. The van der Waals surface area contributed by atoms with Crippen molar-refractivity contribution in [3.8, 4) is 6.07 Å². The molecule has 1 amide bonds. The molecule has 0 bridgehead atoms. The van der Waals surface area contributed by atoms with Crippen molar-refractivity contribution in [2.24, 2.45) is 7.05 Å². The van der Waals surface area contributed by atoms with Crippen LogP contribution in [0.3, 0.4) is 0 Å². The van der Waals surface area contributed by atoms with Gasteiger partial charge in [0, 0.05) is 26.8 Å². The van der Waals surface area contributed by atoms with E-state index in [1.54, 1.807) is 43.7 Å². The highest BCUT2D eigenvalue weighted by Crippen LogP contribution is 2.15. The highest BCUT2D eigenvalue weighted by molar-refractivity contribution is 5.96. The third-order valence-corrected chi connectivity index (χ3v) is 4.98. The number of imidazole rings is 1. The maximum Gasteiger partial charge on any atom is 0.255 e. The number of benzene rings is 1. The van der Waals surface area contributed by atoms with Crippen molar-refractivity contribution in [1.29, 1.82) is 5.26 Å². The molecule has 0 aliphatic heterocycles. The first-order valence-electron chi connectivity index (χ1n) is 9.58. The van der Waals surface area contributed by atoms with Crippen LogP contribution in [0.4, 0.5) is 0 Å². The third kappa shape index (κ3) is 3.91. The number of amides is 1. The number of nitrogens with zero attached hydrogens (tertiary/aromatic N) is 7. The number of carbonyl (C=O) groups excluding carboxylic acids is 1. The lowest BCUT2D eigenvalue weighted by Gasteiger charge is -2.15. The van der Waals surface area contributed by atoms with E-state index in [9.17, 15) is 4.79 Å². The molecule has 3 heterocycles. The van der Waals surface area contributed by atoms with Crippen molar-refractivity contribution in [2.45, 2.75) is 19.5 Å². The average Bonchev–Trinajstić information content (AvgIpc) is 3.34. The Morgan fingerprint density at radius 1 is 1.20 bits per heavy atom. The number of fused-ring (bicyclic) bond motifs is 1. The van der Waals surface area contributed by atoms with Crippen LogP contribution < -0.4 is 0 Å². The van der Waals surface area contributed by atoms with E-state index in [2.05, 4.69) is 33.3 Å². The predicted octanol–water partition coefficient (Wildman–Crippen LogP) is 2.55. The Labute approximate surface area is 174 Å². The maximum atomic E-state index is 12.8. The number of nitriles is 1. The Balaban J connectivity index is 1.47. The van der Waals surface area contributed by atoms with Crippen molar-refractivity contribution in [1.82, 2.24) is 29.2 Å². The van der Waals surface area contributed by atoms with Crippen molar-refractivity contribution in [3.05, 3.63) is 77.5 Å². The first kappa shape index (κ1) is 19.3. The summed E-state index contributed by atoms with van der Waals surface area (Å²) in [7, 11) is 3.40. The molecule has 30 heavy (non-hydrogen) atoms. The van der Waals surface area contributed by atoms with Crippen LogP contribution in [0.1, 0.15) is 27.3 Å². The number of rotatable bonds is 6. The predicted molar refractivity (Wildman–Crippen MR) is 111 cm³/mol. The highest BCUT2D eigenvalue weighted by atomic mass is 16.2. The molecular formula is C22H21N7O. The van der Waals surface area contributed by atoms with Gasteiger partial charge in [-0.05, 0) is 24.1 Å². The van der Waals surface area contributed by atoms with Crippen molar-refractivity contribution in [2.75, 3.05) is 7.05 Å². The Morgan fingerprint density at radius 2 is 2.00 bits per heavy atom. The second-order valence-corrected chi connectivity index (χ2v) is 7.16. The number of hydrogen-bond acceptors (Lipinski definition) is 5. The van der Waals surface area contributed by atoms with Crippen molar-refractivity contribution < 1.29 is 4.79 Å². The van der Waals surface area contributed by atoms with Crippen LogP contribution >= 0.6 is 0 Å². The van der Waals surface area contributed by atoms with Crippen LogP contribution in [0.15, 0.2) is 55.0 Å². The molecule has 0 saturated carbocycles. The summed E-state index contributed by atoms with van der Waals surface area (Å²) in [5, 5.41) is 13.3. The van der Waals surface area contributed by atoms with E-state index < -0.39 is 0 Å². The molecule has 8 nitrogen and oxygen atoms in total. The third-order valence-electron chi connectivity index (χ3n) is 4.98. The molecule has 0 aliphatic carbocycles. The molecule has 0 aliphatic rings. The lowest BCUT2D eigenvalue weighted by atomic mass is 10.1. The van der Waals surface area contributed by atoms with Gasteiger partial charge in [0.15, 0.2) is 5.65 Å². The first-order valence-corrected chi connectivity index (χ1v) is 9.58. The molecule has 0 radical (unpaired) electrons. The molecule has 3 aromatic heterocycles. The highest BCUT2D eigenvalue weighted by Gasteiger charge is 2.16. The van der Waals surface area contributed by atoms with Crippen molar-refractivity contribution >= 4 is 17.1 Å². The summed E-state index contributed by atoms with van der Waals surface area (Å²) in [4.78, 5) is 23.3. The van der Waals surface area contributed by atoms with Crippen LogP contribution in [0, 0.1) is 11.3 Å². The summed E-state index contributed by atoms with van der Waals surface area (Å²) in [5.41, 5.74) is 4.27. The second-order valence-electron chi connectivity index (χ2n) is 7.16. The SMILES string of the molecule is CN(Cc1cc(C#N)n(C)n1)C(=O)c1cnc2c(c1)ncn2CCc1ccccc1. The molecule has 0 fully saturated rings. The zero-order valence-corrected chi connectivity index (χ0v) is 16.9. The topological polar surface area (TPSA) is 92.6 Å². The molecule has 4 aromatic rings. The number of carbonyl (C=O) groups is 1. The van der Waals surface area contributed by atoms with Crippen LogP contribution in [0.2, 0.25) is 0 Å². The Bertz CT molecular complexity index is 1230. The van der Waals surface area contributed by atoms with Gasteiger partial charge in [-0.15, -0.1) is 0 Å². The van der Waals surface area contributed by atoms with E-state index >= 15 is 0 Å². The summed E-state index contributed by atoms with van der Waals surface area (Å²) in [6.07, 6.45) is 4.23. The summed E-state index contributed by atoms with van der Waals surface area (Å²) in [5.74, 6) is -0.174. The molecule has 1 aromatic carbocycles. The van der Waals surface area contributed by atoms with Gasteiger partial charge in [-0.25, -0.2) is 9.97 Å². The summed E-state index contributed by atoms with van der Waals surface area (Å²) in [6, 6.07) is 15.8. The quantitative estimate of drug-likeness (QED) is 0.497. The molecule has 0 unspecified atom stereocenters. The monoisotopic (exact) mass is 399 g/mol. The Hall–Kier alpha value is -3.99. The fraction of sp³-hybridized carbons (Fsp3) is 0.227. The zero-order chi connectivity index (χ0) is 21.1. The van der Waals surface area contributed by atoms with Gasteiger partial charge in [-0.1, -0.05) is 30.3 Å². The summed E-state index contributed by atoms with van der Waals surface area (Å²) in [6.45, 7) is 1.07. The molecule has 0 N–H and O–H groups in total. The lowest BCUT2D eigenvalue weighted by Crippen LogP contribution is -2.26. The minimum Gasteiger partial charge on any atom is -0.336 e. The van der Waals surface area contributed by atoms with Crippen LogP contribution in [-0.2, 0) is 26.6 Å². The Kier molecular flexibility index (Phi) is 5.26. The number of pyridine rings is 1. The van der Waals surface area contributed by atoms with Gasteiger partial charge < -0.3 is 9.47 Å². The van der Waals surface area contributed by atoms with Gasteiger partial charge >= 0.3 is 0 Å². The van der Waals surface area contributed by atoms with Crippen molar-refractivity contribution in [3.63, 3.8) is 0 Å². The molecule has 0 saturated heterocycles. The first-order chi connectivity index (χ1) is 14.5. The summed E-state index contributed by atoms with van der Waals surface area (Å²) >= 11 is 0. The average molecular weight is 399 g/mol. The lowest BCUT2D eigenvalue weighted by molar-refractivity contribution is 0.0783. The van der Waals surface area contributed by atoms with Gasteiger partial charge in [0.25, 0.3) is 5.91 Å². The maximum absolute atomic E-state index is 12.8. The van der Waals surface area contributed by atoms with Gasteiger partial charge in [0.1, 0.15) is 17.3 Å². The summed E-state index contributed by atoms with van der Waals surface area (Å²) < 4.78 is 3.50. The van der Waals surface area contributed by atoms with E-state index in [0.29, 0.717) is 29.0 Å². The van der Waals surface area contributed by atoms with Gasteiger partial charge in [0.2, 0.25) is 0 Å². The van der Waals surface area contributed by atoms with Crippen LogP contribution in [0.5, 0.6) is 0 Å². The number of aromatic nitrogens is 5. The van der Waals surface area contributed by atoms with E-state index in [1.165, 1.54) is 10.2 Å². The van der Waals surface area contributed by atoms with E-state index in [0.717, 1.165) is 18.6 Å². The number of hydrogen-bond donors (Lipinski definition) is 0. The van der Waals surface area contributed by atoms with Crippen LogP contribution in [0.25, 0.3) is 11.2 Å². The minimum absolute atomic E-state index is 0.174. The second kappa shape index (κ2) is 8.17. The Morgan fingerprint density at radius 3 is 2.73 bits per heavy atom. The normalized spacial score (nSPS) is 10.8. The van der Waals surface area contributed by atoms with E-state index in [4.69, 9.17) is 5.26 Å².